The van der Waals surface area contributed by atoms with Gasteiger partial charge in [0.15, 0.2) is 0 Å². The number of anilines is 1. The topological polar surface area (TPSA) is 40.5 Å². The number of halogens is 1. The van der Waals surface area contributed by atoms with Gasteiger partial charge in [0, 0.05) is 24.4 Å². The molecule has 3 nitrogen and oxygen atoms in total. The van der Waals surface area contributed by atoms with E-state index in [0.717, 1.165) is 0 Å². The predicted molar refractivity (Wildman–Crippen MR) is 61.6 cm³/mol. The fourth-order valence-corrected chi connectivity index (χ4v) is 2.03. The first kappa shape index (κ1) is 11.6. The average molecular weight is 233 g/mol. The average Bonchev–Trinajstić information content (AvgIpc) is 2.70. The van der Waals surface area contributed by atoms with Crippen molar-refractivity contribution >= 4 is 11.6 Å². The molecule has 1 heterocycles. The third-order valence-electron chi connectivity index (χ3n) is 2.87. The van der Waals surface area contributed by atoms with Gasteiger partial charge in [-0.3, -0.25) is 4.79 Å². The molecule has 1 atom stereocenters. The van der Waals surface area contributed by atoms with E-state index in [9.17, 15) is 9.18 Å². The number of benzene rings is 1. The van der Waals surface area contributed by atoms with Crippen LogP contribution >= 0.6 is 0 Å². The third-order valence-corrected chi connectivity index (χ3v) is 2.87. The number of para-hydroxylation sites is 1. The first-order chi connectivity index (χ1) is 8.17. The van der Waals surface area contributed by atoms with Crippen molar-refractivity contribution < 1.29 is 14.3 Å². The van der Waals surface area contributed by atoms with Crippen LogP contribution in [0.4, 0.5) is 10.1 Å². The summed E-state index contributed by atoms with van der Waals surface area (Å²) in [7, 11) is 0. The van der Waals surface area contributed by atoms with Gasteiger partial charge < -0.3 is 10.0 Å². The van der Waals surface area contributed by atoms with E-state index in [1.54, 1.807) is 6.07 Å². The molecule has 88 valence electrons. The second-order valence-electron chi connectivity index (χ2n) is 3.98. The van der Waals surface area contributed by atoms with Gasteiger partial charge in [0.05, 0.1) is 12.3 Å². The van der Waals surface area contributed by atoms with Crippen LogP contribution in [0.3, 0.4) is 0 Å². The minimum absolute atomic E-state index is 0.151. The Morgan fingerprint density at radius 2 is 2.35 bits per heavy atom. The molecule has 4 heteroatoms. The monoisotopic (exact) mass is 233 g/mol. The number of aliphatic hydroxyl groups excluding tert-OH is 1. The number of aliphatic hydroxyl groups is 1. The smallest absolute Gasteiger partial charge is 0.228 e. The highest BCUT2D eigenvalue weighted by Crippen LogP contribution is 2.30. The highest BCUT2D eigenvalue weighted by molar-refractivity contribution is 5.97. The largest absolute Gasteiger partial charge is 0.392 e. The van der Waals surface area contributed by atoms with Crippen LogP contribution in [0.15, 0.2) is 18.2 Å². The van der Waals surface area contributed by atoms with Gasteiger partial charge in [0.25, 0.3) is 0 Å². The van der Waals surface area contributed by atoms with E-state index in [4.69, 9.17) is 11.5 Å². The third kappa shape index (κ3) is 2.02. The van der Waals surface area contributed by atoms with Crippen LogP contribution in [-0.4, -0.2) is 17.6 Å². The molecule has 1 N–H and O–H groups in total. The molecule has 1 aromatic carbocycles. The number of carbonyl (C=O) groups excluding carboxylic acids is 1. The number of rotatable bonds is 2. The van der Waals surface area contributed by atoms with Gasteiger partial charge in [-0.2, -0.15) is 0 Å². The Bertz CT molecular complexity index is 493. The summed E-state index contributed by atoms with van der Waals surface area (Å²) in [6, 6.07) is 4.36. The molecule has 0 aliphatic carbocycles. The van der Waals surface area contributed by atoms with Gasteiger partial charge >= 0.3 is 0 Å². The number of amides is 1. The van der Waals surface area contributed by atoms with Crippen molar-refractivity contribution in [2.75, 3.05) is 11.4 Å². The lowest BCUT2D eigenvalue weighted by Crippen LogP contribution is -2.26. The lowest BCUT2D eigenvalue weighted by molar-refractivity contribution is -0.117. The fourth-order valence-electron chi connectivity index (χ4n) is 2.03. The van der Waals surface area contributed by atoms with E-state index in [1.807, 2.05) is 0 Å². The molecule has 0 saturated carbocycles. The van der Waals surface area contributed by atoms with Crippen molar-refractivity contribution in [1.82, 2.24) is 0 Å². The van der Waals surface area contributed by atoms with Gasteiger partial charge in [0.1, 0.15) is 5.82 Å². The summed E-state index contributed by atoms with van der Waals surface area (Å²) >= 11 is 0. The number of hydrogen-bond donors (Lipinski definition) is 1. The lowest BCUT2D eigenvalue weighted by Gasteiger charge is -2.19. The summed E-state index contributed by atoms with van der Waals surface area (Å²) in [5.74, 6) is 1.60. The molecule has 0 radical (unpaired) electrons. The van der Waals surface area contributed by atoms with Crippen molar-refractivity contribution in [2.45, 2.75) is 13.0 Å². The van der Waals surface area contributed by atoms with E-state index in [0.29, 0.717) is 12.1 Å². The van der Waals surface area contributed by atoms with Crippen LogP contribution < -0.4 is 4.90 Å². The molecule has 1 unspecified atom stereocenters. The zero-order valence-corrected chi connectivity index (χ0v) is 9.19. The number of terminal acetylenes is 1. The molecule has 1 saturated heterocycles. The Hall–Kier alpha value is -1.86. The van der Waals surface area contributed by atoms with Crippen molar-refractivity contribution in [3.05, 3.63) is 29.6 Å². The van der Waals surface area contributed by atoms with Crippen LogP contribution in [0, 0.1) is 24.1 Å². The van der Waals surface area contributed by atoms with Crippen LogP contribution in [0.1, 0.15) is 12.0 Å². The molecule has 2 rings (SSSR count). The Balaban J connectivity index is 2.41. The predicted octanol–water partition coefficient (Wildman–Crippen LogP) is 1.30. The molecule has 1 aliphatic heterocycles. The van der Waals surface area contributed by atoms with Crippen molar-refractivity contribution in [3.8, 4) is 12.3 Å². The summed E-state index contributed by atoms with van der Waals surface area (Å²) in [5.41, 5.74) is 0.550. The zero-order valence-electron chi connectivity index (χ0n) is 9.19. The van der Waals surface area contributed by atoms with E-state index >= 15 is 0 Å². The Morgan fingerprint density at radius 3 is 2.94 bits per heavy atom. The minimum atomic E-state index is -0.512. The van der Waals surface area contributed by atoms with E-state index < -0.39 is 5.82 Å². The first-order valence-electron chi connectivity index (χ1n) is 5.32. The highest BCUT2D eigenvalue weighted by atomic mass is 19.1. The fraction of sp³-hybridized carbons (Fsp3) is 0.308. The Morgan fingerprint density at radius 1 is 1.59 bits per heavy atom. The van der Waals surface area contributed by atoms with Crippen LogP contribution in [0.2, 0.25) is 0 Å². The number of carbonyl (C=O) groups is 1. The molecule has 1 aliphatic rings. The normalized spacial score (nSPS) is 19.5. The molecule has 0 aromatic heterocycles. The molecule has 1 fully saturated rings. The standard InChI is InChI=1S/C13H12FNO2/c1-2-9-6-12(17)15(7-9)13-10(8-16)4-3-5-11(13)14/h1,3-5,9,16H,6-8H2. The minimum Gasteiger partial charge on any atom is -0.392 e. The Kier molecular flexibility index (Phi) is 3.12. The molecular weight excluding hydrogens is 221 g/mol. The summed E-state index contributed by atoms with van der Waals surface area (Å²) in [6.45, 7) is 0.000853. The SMILES string of the molecule is C#CC1CC(=O)N(c2c(F)cccc2CO)C1. The Labute approximate surface area is 98.9 Å². The molecule has 17 heavy (non-hydrogen) atoms. The van der Waals surface area contributed by atoms with Gasteiger partial charge in [-0.05, 0) is 6.07 Å². The van der Waals surface area contributed by atoms with Crippen LogP contribution in [0.25, 0.3) is 0 Å². The molecule has 0 bridgehead atoms. The number of hydrogen-bond acceptors (Lipinski definition) is 2. The maximum absolute atomic E-state index is 13.7. The number of nitrogens with zero attached hydrogens (tertiary/aromatic N) is 1. The summed E-state index contributed by atoms with van der Waals surface area (Å²) in [4.78, 5) is 13.1. The quantitative estimate of drug-likeness (QED) is 0.782. The maximum Gasteiger partial charge on any atom is 0.228 e. The molecule has 0 spiro atoms. The maximum atomic E-state index is 13.7. The lowest BCUT2D eigenvalue weighted by atomic mass is 10.1. The molecule has 1 amide bonds. The van der Waals surface area contributed by atoms with Crippen molar-refractivity contribution in [2.24, 2.45) is 5.92 Å². The van der Waals surface area contributed by atoms with Gasteiger partial charge in [-0.25, -0.2) is 4.39 Å². The van der Waals surface area contributed by atoms with Crippen molar-refractivity contribution in [3.63, 3.8) is 0 Å². The summed E-state index contributed by atoms with van der Waals surface area (Å²) < 4.78 is 13.7. The van der Waals surface area contributed by atoms with Gasteiger partial charge in [0.2, 0.25) is 5.91 Å². The van der Waals surface area contributed by atoms with E-state index in [1.165, 1.54) is 17.0 Å². The zero-order chi connectivity index (χ0) is 12.4. The second kappa shape index (κ2) is 4.56. The molecule has 1 aromatic rings. The van der Waals surface area contributed by atoms with Gasteiger partial charge in [-0.15, -0.1) is 12.3 Å². The highest BCUT2D eigenvalue weighted by Gasteiger charge is 2.32. The van der Waals surface area contributed by atoms with Crippen LogP contribution in [-0.2, 0) is 11.4 Å². The van der Waals surface area contributed by atoms with E-state index in [-0.39, 0.29) is 30.5 Å². The van der Waals surface area contributed by atoms with E-state index in [2.05, 4.69) is 5.92 Å². The summed E-state index contributed by atoms with van der Waals surface area (Å²) in [6.07, 6.45) is 5.50. The van der Waals surface area contributed by atoms with Crippen LogP contribution in [0.5, 0.6) is 0 Å². The van der Waals surface area contributed by atoms with Crippen molar-refractivity contribution in [1.29, 1.82) is 0 Å². The second-order valence-corrected chi connectivity index (χ2v) is 3.98. The molecular formula is C13H12FNO2. The summed E-state index contributed by atoms with van der Waals surface area (Å²) in [5, 5.41) is 9.17. The van der Waals surface area contributed by atoms with Gasteiger partial charge in [-0.1, -0.05) is 12.1 Å². The first-order valence-corrected chi connectivity index (χ1v) is 5.32.